The molecule has 0 saturated carbocycles. The zero-order valence-electron chi connectivity index (χ0n) is 24.9. The van der Waals surface area contributed by atoms with E-state index in [9.17, 15) is 18.4 Å². The van der Waals surface area contributed by atoms with Crippen molar-refractivity contribution in [2.75, 3.05) is 61.5 Å². The van der Waals surface area contributed by atoms with Crippen LogP contribution in [0.15, 0.2) is 35.5 Å². The van der Waals surface area contributed by atoms with Gasteiger partial charge in [0, 0.05) is 80.6 Å². The lowest BCUT2D eigenvalue weighted by Gasteiger charge is -2.39. The number of likely N-dealkylation sites (N-methyl/N-ethyl adjacent to an activating group) is 1. The fourth-order valence-electron chi connectivity index (χ4n) is 5.43. The van der Waals surface area contributed by atoms with Crippen molar-refractivity contribution >= 4 is 23.2 Å². The van der Waals surface area contributed by atoms with Gasteiger partial charge in [0.15, 0.2) is 5.82 Å². The van der Waals surface area contributed by atoms with E-state index in [-0.39, 0.29) is 35.0 Å². The number of carbonyl (C=O) groups is 1. The summed E-state index contributed by atoms with van der Waals surface area (Å²) in [6, 6.07) is 1.76. The summed E-state index contributed by atoms with van der Waals surface area (Å²) in [4.78, 5) is 41.6. The van der Waals surface area contributed by atoms with E-state index in [0.717, 1.165) is 12.3 Å². The van der Waals surface area contributed by atoms with Crippen LogP contribution in [0.1, 0.15) is 43.1 Å². The topological polar surface area (TPSA) is 107 Å². The van der Waals surface area contributed by atoms with Gasteiger partial charge in [-0.2, -0.15) is 0 Å². The molecule has 10 nitrogen and oxygen atoms in total. The van der Waals surface area contributed by atoms with Crippen molar-refractivity contribution < 1.29 is 27.1 Å². The summed E-state index contributed by atoms with van der Waals surface area (Å²) < 4.78 is 65.4. The van der Waals surface area contributed by atoms with Crippen molar-refractivity contribution in [3.63, 3.8) is 0 Å². The molecular weight excluding hydrogens is 582 g/mol. The quantitative estimate of drug-likeness (QED) is 0.378. The number of morpholine rings is 1. The number of halogens is 4. The van der Waals surface area contributed by atoms with Crippen LogP contribution in [0.5, 0.6) is 0 Å². The fraction of sp³-hybridized carbons (Fsp3) is 0.467. The Kier molecular flexibility index (Phi) is 9.20. The van der Waals surface area contributed by atoms with E-state index >= 15 is 8.78 Å². The number of nitrogens with zero attached hydrogens (tertiary/aromatic N) is 5. The van der Waals surface area contributed by atoms with Crippen molar-refractivity contribution in [3.8, 4) is 11.1 Å². The van der Waals surface area contributed by atoms with E-state index in [0.29, 0.717) is 51.3 Å². The van der Waals surface area contributed by atoms with Crippen molar-refractivity contribution in [1.82, 2.24) is 19.9 Å². The molecule has 0 radical (unpaired) electrons. The van der Waals surface area contributed by atoms with Gasteiger partial charge in [0.05, 0.1) is 29.5 Å². The summed E-state index contributed by atoms with van der Waals surface area (Å²) in [5, 5.41) is 2.39. The molecule has 0 bridgehead atoms. The highest BCUT2D eigenvalue weighted by atomic mass is 19.3. The molecule has 236 valence electrons. The lowest BCUT2D eigenvalue weighted by Crippen LogP contribution is -2.50. The van der Waals surface area contributed by atoms with Gasteiger partial charge in [-0.25, -0.2) is 27.5 Å². The molecule has 2 fully saturated rings. The molecule has 1 aromatic carbocycles. The number of amides is 1. The third-order valence-corrected chi connectivity index (χ3v) is 8.22. The summed E-state index contributed by atoms with van der Waals surface area (Å²) in [5.41, 5.74) is -2.94. The molecule has 2 aliphatic heterocycles. The minimum atomic E-state index is -3.14. The van der Waals surface area contributed by atoms with Gasteiger partial charge in [0.2, 0.25) is 11.5 Å². The second-order valence-corrected chi connectivity index (χ2v) is 11.5. The Labute approximate surface area is 252 Å². The Bertz CT molecular complexity index is 1570. The second kappa shape index (κ2) is 12.9. The van der Waals surface area contributed by atoms with E-state index < -0.39 is 46.2 Å². The van der Waals surface area contributed by atoms with Crippen molar-refractivity contribution in [2.45, 2.75) is 39.3 Å². The number of hydrogen-bond donors (Lipinski definition) is 2. The summed E-state index contributed by atoms with van der Waals surface area (Å²) in [6.45, 7) is 9.07. The number of carbonyl (C=O) groups excluding carboxylic acids is 1. The number of benzene rings is 1. The molecule has 2 atom stereocenters. The van der Waals surface area contributed by atoms with Gasteiger partial charge in [-0.3, -0.25) is 9.59 Å². The lowest BCUT2D eigenvalue weighted by molar-refractivity contribution is 0.0109. The number of ether oxygens (including phenoxy) is 1. The van der Waals surface area contributed by atoms with Crippen LogP contribution in [0, 0.1) is 17.6 Å². The van der Waals surface area contributed by atoms with Crippen LogP contribution < -0.4 is 20.7 Å². The number of alkyl halides is 2. The molecule has 0 aliphatic carbocycles. The highest BCUT2D eigenvalue weighted by molar-refractivity contribution is 6.07. The maximum atomic E-state index is 16.4. The van der Waals surface area contributed by atoms with E-state index in [1.165, 1.54) is 12.4 Å². The van der Waals surface area contributed by atoms with Gasteiger partial charge in [-0.05, 0) is 19.9 Å². The number of rotatable bonds is 7. The molecule has 44 heavy (non-hydrogen) atoms. The predicted octanol–water partition coefficient (Wildman–Crippen LogP) is 4.30. The first kappa shape index (κ1) is 31.4. The van der Waals surface area contributed by atoms with Crippen LogP contribution in [0.3, 0.4) is 0 Å². The Morgan fingerprint density at radius 3 is 2.48 bits per heavy atom. The predicted molar refractivity (Wildman–Crippen MR) is 158 cm³/mol. The molecule has 2 saturated heterocycles. The number of pyridine rings is 1. The summed E-state index contributed by atoms with van der Waals surface area (Å²) >= 11 is 0. The average Bonchev–Trinajstić information content (AvgIpc) is 3.00. The van der Waals surface area contributed by atoms with Crippen molar-refractivity contribution in [3.05, 3.63) is 63.8 Å². The molecule has 14 heteroatoms. The zero-order chi connectivity index (χ0) is 31.7. The van der Waals surface area contributed by atoms with Gasteiger partial charge >= 0.3 is 0 Å². The van der Waals surface area contributed by atoms with Crippen LogP contribution in [0.4, 0.5) is 34.9 Å². The van der Waals surface area contributed by atoms with E-state index in [4.69, 9.17) is 4.74 Å². The minimum Gasteiger partial charge on any atom is -0.374 e. The first-order valence-electron chi connectivity index (χ1n) is 14.4. The Hall–Kier alpha value is -4.04. The molecule has 1 unspecified atom stereocenters. The van der Waals surface area contributed by atoms with Gasteiger partial charge < -0.3 is 29.7 Å². The Morgan fingerprint density at radius 1 is 1.09 bits per heavy atom. The number of piperazine rings is 1. The fourth-order valence-corrected chi connectivity index (χ4v) is 5.43. The van der Waals surface area contributed by atoms with E-state index in [2.05, 4.69) is 39.0 Å². The minimum absolute atomic E-state index is 0.00838. The second-order valence-electron chi connectivity index (χ2n) is 11.5. The maximum absolute atomic E-state index is 16.4. The molecular formula is C30H35F4N7O3. The van der Waals surface area contributed by atoms with Crippen LogP contribution in [0.25, 0.3) is 11.1 Å². The number of H-pyrrole nitrogens is 1. The third-order valence-electron chi connectivity index (χ3n) is 8.22. The Morgan fingerprint density at radius 2 is 1.82 bits per heavy atom. The average molecular weight is 618 g/mol. The van der Waals surface area contributed by atoms with Crippen molar-refractivity contribution in [1.29, 1.82) is 0 Å². The first-order chi connectivity index (χ1) is 20.9. The Balaban J connectivity index is 1.54. The molecule has 4 heterocycles. The molecule has 1 amide bonds. The molecule has 2 N–H and O–H groups in total. The third kappa shape index (κ3) is 6.41. The van der Waals surface area contributed by atoms with Gasteiger partial charge in [0.25, 0.3) is 12.3 Å². The summed E-state index contributed by atoms with van der Waals surface area (Å²) in [7, 11) is 1.93. The highest BCUT2D eigenvalue weighted by Crippen LogP contribution is 2.39. The van der Waals surface area contributed by atoms with Crippen LogP contribution in [0.2, 0.25) is 0 Å². The smallest absolute Gasteiger partial charge is 0.264 e. The molecule has 0 spiro atoms. The molecule has 2 aliphatic rings. The number of nitrogens with one attached hydrogen (secondary N) is 2. The first-order valence-corrected chi connectivity index (χ1v) is 14.4. The molecule has 5 rings (SSSR count). The van der Waals surface area contributed by atoms with Gasteiger partial charge in [-0.15, -0.1) is 0 Å². The van der Waals surface area contributed by atoms with Gasteiger partial charge in [0.1, 0.15) is 11.5 Å². The lowest BCUT2D eigenvalue weighted by atomic mass is 10.0. The standard InChI is InChI=1S/C30H35F4N7O3/c1-16(2)23-15-41(7-8-44-23)30-36-11-18(12-37-30)25-21(31)10-22(40-6-5-39(4)17(3)14-40)27(26(25)32)38-29(43)20-13-35-24(42)9-19(20)28(33)34/h9-13,16-17,23,28H,5-8,14-15H2,1-4H3,(H,35,42)(H,38,43)/t17-,23?/m0/s1. The monoisotopic (exact) mass is 617 g/mol. The van der Waals surface area contributed by atoms with Crippen LogP contribution in [-0.4, -0.2) is 84.3 Å². The van der Waals surface area contributed by atoms with Gasteiger partial charge in [-0.1, -0.05) is 13.8 Å². The molecule has 3 aromatic rings. The maximum Gasteiger partial charge on any atom is 0.264 e. The van der Waals surface area contributed by atoms with E-state index in [1.807, 2.05) is 18.9 Å². The highest BCUT2D eigenvalue weighted by Gasteiger charge is 2.30. The number of aromatic amines is 1. The van der Waals surface area contributed by atoms with Crippen LogP contribution >= 0.6 is 0 Å². The molecule has 2 aromatic heterocycles. The number of hydrogen-bond acceptors (Lipinski definition) is 8. The SMILES string of the molecule is CC(C)C1CN(c2ncc(-c3c(F)cc(N4CCN(C)[C@@H](C)C4)c(NC(=O)c4c[nH]c(=O)cc4C(F)F)c3F)cn2)CCO1. The van der Waals surface area contributed by atoms with Crippen molar-refractivity contribution in [2.24, 2.45) is 5.92 Å². The van der Waals surface area contributed by atoms with Crippen LogP contribution in [-0.2, 0) is 4.74 Å². The zero-order valence-corrected chi connectivity index (χ0v) is 24.9. The normalized spacial score (nSPS) is 19.6. The summed E-state index contributed by atoms with van der Waals surface area (Å²) in [5.74, 6) is -2.43. The largest absolute Gasteiger partial charge is 0.374 e. The summed E-state index contributed by atoms with van der Waals surface area (Å²) in [6.07, 6.45) is 0.322. The number of aromatic nitrogens is 3. The van der Waals surface area contributed by atoms with E-state index in [1.54, 1.807) is 4.90 Å². The number of anilines is 3.